The summed E-state index contributed by atoms with van der Waals surface area (Å²) in [5.41, 5.74) is 0.589. The molecule has 0 aromatic heterocycles. The first kappa shape index (κ1) is 11.0. The van der Waals surface area contributed by atoms with Gasteiger partial charge in [-0.2, -0.15) is 0 Å². The highest BCUT2D eigenvalue weighted by Crippen LogP contribution is 2.13. The molecule has 0 aromatic carbocycles. The lowest BCUT2D eigenvalue weighted by Gasteiger charge is -2.07. The Morgan fingerprint density at radius 2 is 1.92 bits per heavy atom. The molecular weight excluding hydrogens is 160 g/mol. The molecule has 3 heteroatoms. The van der Waals surface area contributed by atoms with E-state index in [0.717, 1.165) is 12.5 Å². The number of aliphatic imine (C=N–C) groups is 1. The molecule has 0 saturated heterocycles. The van der Waals surface area contributed by atoms with Crippen LogP contribution in [0.15, 0.2) is 29.4 Å². The monoisotopic (exact) mass is 173 g/mol. The zero-order valence-electron chi connectivity index (χ0n) is 7.56. The number of nitrogens with zero attached hydrogens (tertiary/aromatic N) is 1. The molecule has 0 fully saturated rings. The minimum Gasteiger partial charge on any atom is -0.260 e. The van der Waals surface area contributed by atoms with Crippen molar-refractivity contribution in [1.29, 1.82) is 0 Å². The quantitative estimate of drug-likeness (QED) is 0.459. The van der Waals surface area contributed by atoms with Crippen LogP contribution < -0.4 is 0 Å². The normalized spacial score (nSPS) is 13.9. The SMILES string of the molecule is C=C(C)/C=C\N=C(C)C(C)(F)F. The lowest BCUT2D eigenvalue weighted by Crippen LogP contribution is -2.20. The maximum atomic E-state index is 12.5. The van der Waals surface area contributed by atoms with Gasteiger partial charge in [-0.3, -0.25) is 4.99 Å². The third-order valence-corrected chi connectivity index (χ3v) is 1.26. The zero-order valence-corrected chi connectivity index (χ0v) is 7.56. The van der Waals surface area contributed by atoms with Crippen LogP contribution in [-0.2, 0) is 0 Å². The van der Waals surface area contributed by atoms with Crippen molar-refractivity contribution in [2.75, 3.05) is 0 Å². The van der Waals surface area contributed by atoms with Gasteiger partial charge < -0.3 is 0 Å². The molecule has 0 amide bonds. The minimum atomic E-state index is -2.83. The summed E-state index contributed by atoms with van der Waals surface area (Å²) in [7, 11) is 0. The molecule has 0 N–H and O–H groups in total. The van der Waals surface area contributed by atoms with Crippen molar-refractivity contribution < 1.29 is 8.78 Å². The van der Waals surface area contributed by atoms with Crippen LogP contribution in [0.2, 0.25) is 0 Å². The van der Waals surface area contributed by atoms with Crippen LogP contribution in [0.1, 0.15) is 20.8 Å². The Bertz CT molecular complexity index is 221. The Hall–Kier alpha value is -0.990. The largest absolute Gasteiger partial charge is 0.282 e. The number of alkyl halides is 2. The predicted molar refractivity (Wildman–Crippen MR) is 47.7 cm³/mol. The molecule has 0 unspecified atom stereocenters. The molecule has 12 heavy (non-hydrogen) atoms. The molecule has 0 radical (unpaired) electrons. The first-order chi connectivity index (χ1) is 5.34. The van der Waals surface area contributed by atoms with Crippen molar-refractivity contribution in [3.63, 3.8) is 0 Å². The number of hydrogen-bond donors (Lipinski definition) is 0. The van der Waals surface area contributed by atoms with Gasteiger partial charge in [0.15, 0.2) is 0 Å². The third kappa shape index (κ3) is 4.77. The van der Waals surface area contributed by atoms with Crippen molar-refractivity contribution in [3.8, 4) is 0 Å². The molecule has 0 aliphatic heterocycles. The smallest absolute Gasteiger partial charge is 0.260 e. The maximum absolute atomic E-state index is 12.5. The Morgan fingerprint density at radius 3 is 2.25 bits per heavy atom. The summed E-state index contributed by atoms with van der Waals surface area (Å²) in [5, 5.41) is 0. The van der Waals surface area contributed by atoms with E-state index in [2.05, 4.69) is 11.6 Å². The predicted octanol–water partition coefficient (Wildman–Crippen LogP) is 3.19. The summed E-state index contributed by atoms with van der Waals surface area (Å²) in [6, 6.07) is 0. The molecule has 0 rings (SSSR count). The van der Waals surface area contributed by atoms with Gasteiger partial charge in [0.05, 0.1) is 5.71 Å². The molecule has 0 aliphatic carbocycles. The topological polar surface area (TPSA) is 12.4 Å². The molecule has 0 saturated carbocycles. The van der Waals surface area contributed by atoms with Gasteiger partial charge in [-0.25, -0.2) is 8.78 Å². The number of rotatable bonds is 3. The fraction of sp³-hybridized carbons (Fsp3) is 0.444. The van der Waals surface area contributed by atoms with E-state index in [1.807, 2.05) is 0 Å². The summed E-state index contributed by atoms with van der Waals surface area (Å²) in [4.78, 5) is 3.56. The van der Waals surface area contributed by atoms with Gasteiger partial charge in [0.1, 0.15) is 0 Å². The first-order valence-corrected chi connectivity index (χ1v) is 3.59. The second-order valence-electron chi connectivity index (χ2n) is 2.76. The maximum Gasteiger partial charge on any atom is 0.282 e. The van der Waals surface area contributed by atoms with E-state index in [4.69, 9.17) is 0 Å². The van der Waals surface area contributed by atoms with E-state index in [1.165, 1.54) is 13.1 Å². The van der Waals surface area contributed by atoms with Gasteiger partial charge in [-0.15, -0.1) is 0 Å². The molecule has 0 atom stereocenters. The molecule has 0 spiro atoms. The highest BCUT2D eigenvalue weighted by atomic mass is 19.3. The van der Waals surface area contributed by atoms with Crippen molar-refractivity contribution in [2.24, 2.45) is 4.99 Å². The van der Waals surface area contributed by atoms with Gasteiger partial charge in [0, 0.05) is 13.1 Å². The van der Waals surface area contributed by atoms with Gasteiger partial charge in [-0.1, -0.05) is 12.2 Å². The lowest BCUT2D eigenvalue weighted by atomic mass is 10.2. The second-order valence-corrected chi connectivity index (χ2v) is 2.76. The van der Waals surface area contributed by atoms with Gasteiger partial charge >= 0.3 is 0 Å². The summed E-state index contributed by atoms with van der Waals surface area (Å²) < 4.78 is 24.9. The van der Waals surface area contributed by atoms with Crippen molar-refractivity contribution in [3.05, 3.63) is 24.4 Å². The van der Waals surface area contributed by atoms with Gasteiger partial charge in [0.2, 0.25) is 0 Å². The van der Waals surface area contributed by atoms with Crippen molar-refractivity contribution >= 4 is 5.71 Å². The highest BCUT2D eigenvalue weighted by Gasteiger charge is 2.24. The minimum absolute atomic E-state index is 0.194. The van der Waals surface area contributed by atoms with E-state index in [1.54, 1.807) is 13.0 Å². The van der Waals surface area contributed by atoms with E-state index in [0.29, 0.717) is 0 Å². The number of allylic oxidation sites excluding steroid dienone is 2. The third-order valence-electron chi connectivity index (χ3n) is 1.26. The number of halogens is 2. The van der Waals surface area contributed by atoms with Crippen molar-refractivity contribution in [2.45, 2.75) is 26.7 Å². The van der Waals surface area contributed by atoms with E-state index in [9.17, 15) is 8.78 Å². The van der Waals surface area contributed by atoms with Crippen LogP contribution in [0.5, 0.6) is 0 Å². The summed E-state index contributed by atoms with van der Waals surface area (Å²) in [6.45, 7) is 7.45. The van der Waals surface area contributed by atoms with Crippen LogP contribution in [0.3, 0.4) is 0 Å². The molecule has 0 aromatic rings. The summed E-state index contributed by atoms with van der Waals surface area (Å²) >= 11 is 0. The molecule has 0 bridgehead atoms. The Morgan fingerprint density at radius 1 is 1.42 bits per heavy atom. The van der Waals surface area contributed by atoms with E-state index < -0.39 is 5.92 Å². The van der Waals surface area contributed by atoms with Crippen LogP contribution in [0, 0.1) is 0 Å². The Balaban J connectivity index is 4.29. The highest BCUT2D eigenvalue weighted by molar-refractivity contribution is 5.88. The average molecular weight is 173 g/mol. The van der Waals surface area contributed by atoms with Crippen molar-refractivity contribution in [1.82, 2.24) is 0 Å². The van der Waals surface area contributed by atoms with Crippen LogP contribution in [-0.4, -0.2) is 11.6 Å². The van der Waals surface area contributed by atoms with Gasteiger partial charge in [-0.05, 0) is 19.9 Å². The fourth-order valence-corrected chi connectivity index (χ4v) is 0.390. The first-order valence-electron chi connectivity index (χ1n) is 3.59. The lowest BCUT2D eigenvalue weighted by molar-refractivity contribution is 0.0998. The Kier molecular flexibility index (Phi) is 3.80. The average Bonchev–Trinajstić information content (AvgIpc) is 1.84. The standard InChI is InChI=1S/C9H13F2N/c1-7(2)5-6-12-8(3)9(4,10)11/h5-6H,1H2,2-4H3/b6-5-,12-8?. The molecule has 1 nitrogen and oxygen atoms in total. The second kappa shape index (κ2) is 4.14. The number of hydrogen-bond acceptors (Lipinski definition) is 1. The van der Waals surface area contributed by atoms with Crippen LogP contribution in [0.4, 0.5) is 8.78 Å². The van der Waals surface area contributed by atoms with Crippen LogP contribution >= 0.6 is 0 Å². The van der Waals surface area contributed by atoms with Gasteiger partial charge in [0.25, 0.3) is 5.92 Å². The molecule has 0 heterocycles. The zero-order chi connectivity index (χ0) is 9.78. The van der Waals surface area contributed by atoms with E-state index >= 15 is 0 Å². The summed E-state index contributed by atoms with van der Waals surface area (Å²) in [5.74, 6) is -2.83. The molecule has 0 aliphatic rings. The molecular formula is C9H13F2N. The molecule has 68 valence electrons. The fourth-order valence-electron chi connectivity index (χ4n) is 0.390. The Labute approximate surface area is 71.5 Å². The summed E-state index contributed by atoms with van der Waals surface area (Å²) in [6.07, 6.45) is 2.91. The van der Waals surface area contributed by atoms with E-state index in [-0.39, 0.29) is 5.71 Å². The van der Waals surface area contributed by atoms with Crippen LogP contribution in [0.25, 0.3) is 0 Å².